The standard InChI is InChI=1S/C14H20N2O3.ClH/c17-14(16-12-6-7-15-10-12)11-18-8-9-19-13-4-2-1-3-5-13;/h1-5,12,15H,6-11H2,(H,16,17);1H. The number of halogens is 1. The van der Waals surface area contributed by atoms with Gasteiger partial charge in [0, 0.05) is 12.6 Å². The summed E-state index contributed by atoms with van der Waals surface area (Å²) in [4.78, 5) is 11.5. The molecule has 112 valence electrons. The van der Waals surface area contributed by atoms with Crippen LogP contribution in [0, 0.1) is 0 Å². The van der Waals surface area contributed by atoms with Crippen molar-refractivity contribution >= 4 is 18.3 Å². The highest BCUT2D eigenvalue weighted by molar-refractivity contribution is 5.85. The largest absolute Gasteiger partial charge is 0.491 e. The second kappa shape index (κ2) is 9.58. The molecule has 0 aromatic heterocycles. The maximum atomic E-state index is 11.5. The summed E-state index contributed by atoms with van der Waals surface area (Å²) in [5.74, 6) is 0.751. The molecule has 1 atom stereocenters. The van der Waals surface area contributed by atoms with Gasteiger partial charge in [0.1, 0.15) is 19.0 Å². The van der Waals surface area contributed by atoms with Gasteiger partial charge in [-0.3, -0.25) is 4.79 Å². The Labute approximate surface area is 125 Å². The van der Waals surface area contributed by atoms with Crippen LogP contribution in [0.2, 0.25) is 0 Å². The monoisotopic (exact) mass is 300 g/mol. The molecule has 0 radical (unpaired) electrons. The molecule has 1 unspecified atom stereocenters. The molecule has 1 saturated heterocycles. The van der Waals surface area contributed by atoms with Crippen LogP contribution >= 0.6 is 12.4 Å². The van der Waals surface area contributed by atoms with E-state index in [0.717, 1.165) is 25.3 Å². The van der Waals surface area contributed by atoms with E-state index in [-0.39, 0.29) is 31.0 Å². The number of hydrogen-bond donors (Lipinski definition) is 2. The molecule has 1 fully saturated rings. The number of nitrogens with one attached hydrogen (secondary N) is 2. The highest BCUT2D eigenvalue weighted by Gasteiger charge is 2.16. The van der Waals surface area contributed by atoms with Gasteiger partial charge in [0.05, 0.1) is 6.61 Å². The summed E-state index contributed by atoms with van der Waals surface area (Å²) in [6.07, 6.45) is 0.989. The van der Waals surface area contributed by atoms with Crippen molar-refractivity contribution in [3.05, 3.63) is 30.3 Å². The van der Waals surface area contributed by atoms with Gasteiger partial charge in [-0.25, -0.2) is 0 Å². The van der Waals surface area contributed by atoms with Crippen LogP contribution in [0.15, 0.2) is 30.3 Å². The van der Waals surface area contributed by atoms with Crippen LogP contribution in [0.1, 0.15) is 6.42 Å². The quantitative estimate of drug-likeness (QED) is 0.737. The molecule has 2 rings (SSSR count). The van der Waals surface area contributed by atoms with Crippen molar-refractivity contribution in [1.82, 2.24) is 10.6 Å². The van der Waals surface area contributed by atoms with E-state index in [2.05, 4.69) is 10.6 Å². The summed E-state index contributed by atoms with van der Waals surface area (Å²) in [6, 6.07) is 9.79. The lowest BCUT2D eigenvalue weighted by Gasteiger charge is -2.11. The smallest absolute Gasteiger partial charge is 0.246 e. The summed E-state index contributed by atoms with van der Waals surface area (Å²) in [5.41, 5.74) is 0. The minimum absolute atomic E-state index is 0. The van der Waals surface area contributed by atoms with E-state index in [0.29, 0.717) is 13.2 Å². The Bertz CT molecular complexity index is 383. The predicted molar refractivity (Wildman–Crippen MR) is 79.4 cm³/mol. The first-order valence-electron chi connectivity index (χ1n) is 6.60. The van der Waals surface area contributed by atoms with E-state index in [9.17, 15) is 4.79 Å². The van der Waals surface area contributed by atoms with Crippen LogP contribution in [-0.2, 0) is 9.53 Å². The SMILES string of the molecule is Cl.O=C(COCCOc1ccccc1)NC1CCNC1. The molecule has 1 amide bonds. The third-order valence-corrected chi connectivity index (χ3v) is 2.90. The first-order valence-corrected chi connectivity index (χ1v) is 6.60. The van der Waals surface area contributed by atoms with Crippen LogP contribution in [0.5, 0.6) is 5.75 Å². The maximum Gasteiger partial charge on any atom is 0.246 e. The molecule has 5 nitrogen and oxygen atoms in total. The van der Waals surface area contributed by atoms with E-state index in [1.165, 1.54) is 0 Å². The van der Waals surface area contributed by atoms with Gasteiger partial charge in [0.25, 0.3) is 0 Å². The summed E-state index contributed by atoms with van der Waals surface area (Å²) < 4.78 is 10.7. The van der Waals surface area contributed by atoms with Gasteiger partial charge in [-0.2, -0.15) is 0 Å². The fourth-order valence-electron chi connectivity index (χ4n) is 1.95. The van der Waals surface area contributed by atoms with E-state index in [4.69, 9.17) is 9.47 Å². The fourth-order valence-corrected chi connectivity index (χ4v) is 1.95. The van der Waals surface area contributed by atoms with Gasteiger partial charge in [-0.05, 0) is 25.1 Å². The van der Waals surface area contributed by atoms with Crippen molar-refractivity contribution in [3.63, 3.8) is 0 Å². The number of hydrogen-bond acceptors (Lipinski definition) is 4. The molecule has 0 spiro atoms. The van der Waals surface area contributed by atoms with Gasteiger partial charge in [0.15, 0.2) is 0 Å². The average Bonchev–Trinajstić information content (AvgIpc) is 2.92. The number of carbonyl (C=O) groups is 1. The molecule has 1 heterocycles. The Morgan fingerprint density at radius 2 is 2.10 bits per heavy atom. The van der Waals surface area contributed by atoms with Crippen molar-refractivity contribution in [2.45, 2.75) is 12.5 Å². The lowest BCUT2D eigenvalue weighted by Crippen LogP contribution is -2.38. The minimum atomic E-state index is -0.0617. The zero-order valence-corrected chi connectivity index (χ0v) is 12.2. The minimum Gasteiger partial charge on any atom is -0.491 e. The molecule has 1 aromatic rings. The predicted octanol–water partition coefficient (Wildman–Crippen LogP) is 0.982. The van der Waals surface area contributed by atoms with E-state index in [1.807, 2.05) is 30.3 Å². The van der Waals surface area contributed by atoms with E-state index in [1.54, 1.807) is 0 Å². The molecule has 1 aliphatic rings. The zero-order valence-electron chi connectivity index (χ0n) is 11.3. The average molecular weight is 301 g/mol. The van der Waals surface area contributed by atoms with Crippen LogP contribution in [-0.4, -0.2) is 44.9 Å². The summed E-state index contributed by atoms with van der Waals surface area (Å²) >= 11 is 0. The molecular formula is C14H21ClN2O3. The zero-order chi connectivity index (χ0) is 13.3. The number of amides is 1. The van der Waals surface area contributed by atoms with Gasteiger partial charge < -0.3 is 20.1 Å². The second-order valence-corrected chi connectivity index (χ2v) is 4.47. The van der Waals surface area contributed by atoms with E-state index < -0.39 is 0 Å². The van der Waals surface area contributed by atoms with Gasteiger partial charge in [-0.1, -0.05) is 18.2 Å². The molecule has 0 aliphatic carbocycles. The first kappa shape index (κ1) is 16.8. The van der Waals surface area contributed by atoms with Crippen LogP contribution < -0.4 is 15.4 Å². The van der Waals surface area contributed by atoms with Gasteiger partial charge >= 0.3 is 0 Å². The third kappa shape index (κ3) is 6.23. The van der Waals surface area contributed by atoms with Gasteiger partial charge in [-0.15, -0.1) is 12.4 Å². The molecule has 0 bridgehead atoms. The Balaban J connectivity index is 0.00000200. The summed E-state index contributed by atoms with van der Waals surface area (Å²) in [6.45, 7) is 2.77. The fraction of sp³-hybridized carbons (Fsp3) is 0.500. The molecule has 20 heavy (non-hydrogen) atoms. The molecular weight excluding hydrogens is 280 g/mol. The normalized spacial score (nSPS) is 17.3. The topological polar surface area (TPSA) is 59.6 Å². The Morgan fingerprint density at radius 3 is 2.80 bits per heavy atom. The lowest BCUT2D eigenvalue weighted by molar-refractivity contribution is -0.126. The highest BCUT2D eigenvalue weighted by atomic mass is 35.5. The van der Waals surface area contributed by atoms with E-state index >= 15 is 0 Å². The maximum absolute atomic E-state index is 11.5. The van der Waals surface area contributed by atoms with Crippen LogP contribution in [0.3, 0.4) is 0 Å². The van der Waals surface area contributed by atoms with Crippen molar-refractivity contribution in [2.24, 2.45) is 0 Å². The summed E-state index contributed by atoms with van der Waals surface area (Å²) in [7, 11) is 0. The highest BCUT2D eigenvalue weighted by Crippen LogP contribution is 2.07. The van der Waals surface area contributed by atoms with Crippen molar-refractivity contribution in [2.75, 3.05) is 32.9 Å². The van der Waals surface area contributed by atoms with Gasteiger partial charge in [0.2, 0.25) is 5.91 Å². The molecule has 1 aliphatic heterocycles. The van der Waals surface area contributed by atoms with Crippen molar-refractivity contribution < 1.29 is 14.3 Å². The molecule has 6 heteroatoms. The summed E-state index contributed by atoms with van der Waals surface area (Å²) in [5, 5.41) is 6.12. The number of ether oxygens (including phenoxy) is 2. The molecule has 2 N–H and O–H groups in total. The van der Waals surface area contributed by atoms with Crippen LogP contribution in [0.25, 0.3) is 0 Å². The Hall–Kier alpha value is -1.30. The molecule has 0 saturated carbocycles. The first-order chi connectivity index (χ1) is 9.34. The Morgan fingerprint density at radius 1 is 1.30 bits per heavy atom. The van der Waals surface area contributed by atoms with Crippen molar-refractivity contribution in [3.8, 4) is 5.75 Å². The number of benzene rings is 1. The molecule has 1 aromatic carbocycles. The van der Waals surface area contributed by atoms with Crippen molar-refractivity contribution in [1.29, 1.82) is 0 Å². The number of rotatable bonds is 7. The number of carbonyl (C=O) groups excluding carboxylic acids is 1. The Kier molecular flexibility index (Phi) is 8.02. The van der Waals surface area contributed by atoms with Crippen LogP contribution in [0.4, 0.5) is 0 Å². The third-order valence-electron chi connectivity index (χ3n) is 2.90. The second-order valence-electron chi connectivity index (χ2n) is 4.47. The lowest BCUT2D eigenvalue weighted by atomic mass is 10.2. The number of para-hydroxylation sites is 1.